The maximum absolute atomic E-state index is 12.0. The predicted molar refractivity (Wildman–Crippen MR) is 77.9 cm³/mol. The molecule has 0 aromatic carbocycles. The zero-order valence-electron chi connectivity index (χ0n) is 12.6. The van der Waals surface area contributed by atoms with E-state index in [0.717, 1.165) is 49.5 Å². The maximum Gasteiger partial charge on any atom is 0.137 e. The molecule has 0 aliphatic heterocycles. The van der Waals surface area contributed by atoms with E-state index < -0.39 is 0 Å². The lowest BCUT2D eigenvalue weighted by Gasteiger charge is -2.32. The minimum Gasteiger partial charge on any atom is -0.305 e. The minimum absolute atomic E-state index is 0.326. The van der Waals surface area contributed by atoms with Crippen molar-refractivity contribution in [3.63, 3.8) is 0 Å². The van der Waals surface area contributed by atoms with E-state index in [1.54, 1.807) is 0 Å². The monoisotopic (exact) mass is 263 g/mol. The highest BCUT2D eigenvalue weighted by Gasteiger charge is 2.40. The summed E-state index contributed by atoms with van der Waals surface area (Å²) in [4.78, 5) is 14.5. The molecule has 3 rings (SSSR count). The second-order valence-electron chi connectivity index (χ2n) is 7.70. The van der Waals surface area contributed by atoms with E-state index in [0.29, 0.717) is 11.7 Å². The van der Waals surface area contributed by atoms with Crippen molar-refractivity contribution in [3.8, 4) is 0 Å². The van der Waals surface area contributed by atoms with Crippen LogP contribution in [0.15, 0.2) is 0 Å². The van der Waals surface area contributed by atoms with Crippen LogP contribution in [0.4, 0.5) is 0 Å². The molecule has 0 amide bonds. The quantitative estimate of drug-likeness (QED) is 0.775. The summed E-state index contributed by atoms with van der Waals surface area (Å²) in [6.45, 7) is 4.55. The number of carbonyl (C=O) groups is 1. The molecule has 19 heavy (non-hydrogen) atoms. The topological polar surface area (TPSA) is 20.3 Å². The lowest BCUT2D eigenvalue weighted by Crippen LogP contribution is -2.37. The van der Waals surface area contributed by atoms with Crippen LogP contribution in [0.2, 0.25) is 0 Å². The molecule has 0 heterocycles. The van der Waals surface area contributed by atoms with Crippen LogP contribution >= 0.6 is 0 Å². The van der Waals surface area contributed by atoms with Crippen molar-refractivity contribution in [2.75, 3.05) is 20.1 Å². The van der Waals surface area contributed by atoms with E-state index in [1.165, 1.54) is 32.2 Å². The standard InChI is InChI=1S/C17H29NO/c1-12-3-6-17(19)16(7-12)11-18(2)10-15-9-13-4-5-14(15)8-13/h12-16H,3-11H2,1-2H3. The molecule has 0 spiro atoms. The smallest absolute Gasteiger partial charge is 0.137 e. The Kier molecular flexibility index (Phi) is 3.98. The molecule has 2 bridgehead atoms. The second kappa shape index (κ2) is 5.55. The highest BCUT2D eigenvalue weighted by Crippen LogP contribution is 2.48. The number of nitrogens with zero attached hydrogens (tertiary/aromatic N) is 1. The summed E-state index contributed by atoms with van der Waals surface area (Å²) in [5.41, 5.74) is 0. The average Bonchev–Trinajstić information content (AvgIpc) is 2.96. The highest BCUT2D eigenvalue weighted by atomic mass is 16.1. The van der Waals surface area contributed by atoms with Crippen LogP contribution in [-0.2, 0) is 4.79 Å². The van der Waals surface area contributed by atoms with E-state index in [-0.39, 0.29) is 0 Å². The summed E-state index contributed by atoms with van der Waals surface area (Å²) < 4.78 is 0. The Morgan fingerprint density at radius 1 is 1.11 bits per heavy atom. The SMILES string of the molecule is CC1CCC(=O)C(CN(C)CC2CC3CCC2C3)C1. The number of ketones is 1. The first-order valence-corrected chi connectivity index (χ1v) is 8.33. The van der Waals surface area contributed by atoms with Gasteiger partial charge in [-0.15, -0.1) is 0 Å². The molecule has 108 valence electrons. The number of rotatable bonds is 4. The van der Waals surface area contributed by atoms with Gasteiger partial charge in [-0.05, 0) is 62.8 Å². The molecule has 5 unspecified atom stereocenters. The number of hydrogen-bond donors (Lipinski definition) is 0. The van der Waals surface area contributed by atoms with Crippen LogP contribution < -0.4 is 0 Å². The van der Waals surface area contributed by atoms with Gasteiger partial charge in [0.15, 0.2) is 0 Å². The third kappa shape index (κ3) is 3.04. The molecule has 2 nitrogen and oxygen atoms in total. The van der Waals surface area contributed by atoms with Crippen LogP contribution in [0, 0.1) is 29.6 Å². The van der Waals surface area contributed by atoms with Crippen LogP contribution in [-0.4, -0.2) is 30.8 Å². The van der Waals surface area contributed by atoms with Crippen molar-refractivity contribution in [1.82, 2.24) is 4.90 Å². The second-order valence-corrected chi connectivity index (χ2v) is 7.70. The predicted octanol–water partition coefficient (Wildman–Crippen LogP) is 3.36. The van der Waals surface area contributed by atoms with Gasteiger partial charge in [-0.1, -0.05) is 13.3 Å². The zero-order valence-corrected chi connectivity index (χ0v) is 12.6. The fourth-order valence-electron chi connectivity index (χ4n) is 4.96. The molecule has 3 aliphatic carbocycles. The number of carbonyl (C=O) groups excluding carboxylic acids is 1. The zero-order chi connectivity index (χ0) is 13.4. The Labute approximate surface area is 117 Å². The van der Waals surface area contributed by atoms with Gasteiger partial charge in [-0.25, -0.2) is 0 Å². The lowest BCUT2D eigenvalue weighted by atomic mass is 9.81. The first kappa shape index (κ1) is 13.6. The van der Waals surface area contributed by atoms with Gasteiger partial charge in [-0.2, -0.15) is 0 Å². The Morgan fingerprint density at radius 3 is 2.63 bits per heavy atom. The summed E-state index contributed by atoms with van der Waals surface area (Å²) >= 11 is 0. The summed E-state index contributed by atoms with van der Waals surface area (Å²) in [7, 11) is 2.23. The van der Waals surface area contributed by atoms with E-state index in [1.807, 2.05) is 0 Å². The van der Waals surface area contributed by atoms with Crippen LogP contribution in [0.3, 0.4) is 0 Å². The van der Waals surface area contributed by atoms with Crippen LogP contribution in [0.25, 0.3) is 0 Å². The minimum atomic E-state index is 0.326. The molecule has 3 fully saturated rings. The Hall–Kier alpha value is -0.370. The van der Waals surface area contributed by atoms with Crippen molar-refractivity contribution in [2.45, 2.75) is 51.9 Å². The van der Waals surface area contributed by atoms with Crippen molar-refractivity contribution in [2.24, 2.45) is 29.6 Å². The van der Waals surface area contributed by atoms with Gasteiger partial charge in [-0.3, -0.25) is 4.79 Å². The van der Waals surface area contributed by atoms with Gasteiger partial charge in [0.05, 0.1) is 0 Å². The normalized spacial score (nSPS) is 42.3. The fraction of sp³-hybridized carbons (Fsp3) is 0.941. The number of fused-ring (bicyclic) bond motifs is 2. The average molecular weight is 263 g/mol. The molecule has 3 aliphatic rings. The van der Waals surface area contributed by atoms with E-state index >= 15 is 0 Å². The number of hydrogen-bond acceptors (Lipinski definition) is 2. The molecule has 0 aromatic heterocycles. The van der Waals surface area contributed by atoms with Crippen molar-refractivity contribution in [1.29, 1.82) is 0 Å². The van der Waals surface area contributed by atoms with Gasteiger partial charge in [0, 0.05) is 25.4 Å². The Bertz CT molecular complexity index is 340. The fourth-order valence-corrected chi connectivity index (χ4v) is 4.96. The van der Waals surface area contributed by atoms with E-state index in [9.17, 15) is 4.79 Å². The van der Waals surface area contributed by atoms with Gasteiger partial charge in [0.2, 0.25) is 0 Å². The van der Waals surface area contributed by atoms with Crippen LogP contribution in [0.1, 0.15) is 51.9 Å². The summed E-state index contributed by atoms with van der Waals surface area (Å²) in [5.74, 6) is 4.58. The van der Waals surface area contributed by atoms with Crippen LogP contribution in [0.5, 0.6) is 0 Å². The molecule has 3 saturated carbocycles. The van der Waals surface area contributed by atoms with E-state index in [4.69, 9.17) is 0 Å². The van der Waals surface area contributed by atoms with Crippen molar-refractivity contribution >= 4 is 5.78 Å². The molecule has 0 N–H and O–H groups in total. The molecule has 0 radical (unpaired) electrons. The third-order valence-electron chi connectivity index (χ3n) is 5.99. The summed E-state index contributed by atoms with van der Waals surface area (Å²) in [6, 6.07) is 0. The van der Waals surface area contributed by atoms with Crippen molar-refractivity contribution in [3.05, 3.63) is 0 Å². The largest absolute Gasteiger partial charge is 0.305 e. The van der Waals surface area contributed by atoms with Gasteiger partial charge in [0.25, 0.3) is 0 Å². The number of Topliss-reactive ketones (excluding diaryl/α,β-unsaturated/α-hetero) is 1. The Balaban J connectivity index is 1.48. The van der Waals surface area contributed by atoms with Crippen molar-refractivity contribution < 1.29 is 4.79 Å². The lowest BCUT2D eigenvalue weighted by molar-refractivity contribution is -0.126. The third-order valence-corrected chi connectivity index (χ3v) is 5.99. The van der Waals surface area contributed by atoms with Gasteiger partial charge < -0.3 is 4.90 Å². The highest BCUT2D eigenvalue weighted by molar-refractivity contribution is 5.81. The molecule has 5 atom stereocenters. The summed E-state index contributed by atoms with van der Waals surface area (Å²) in [6.07, 6.45) is 8.99. The van der Waals surface area contributed by atoms with Gasteiger partial charge in [0.1, 0.15) is 5.78 Å². The Morgan fingerprint density at radius 2 is 1.95 bits per heavy atom. The molecule has 0 saturated heterocycles. The molecule has 2 heteroatoms. The van der Waals surface area contributed by atoms with E-state index in [2.05, 4.69) is 18.9 Å². The maximum atomic E-state index is 12.0. The first-order valence-electron chi connectivity index (χ1n) is 8.33. The molecule has 0 aromatic rings. The summed E-state index contributed by atoms with van der Waals surface area (Å²) in [5, 5.41) is 0. The first-order chi connectivity index (χ1) is 9.11. The molecular weight excluding hydrogens is 234 g/mol. The molecular formula is C17H29NO. The van der Waals surface area contributed by atoms with Gasteiger partial charge >= 0.3 is 0 Å².